The first-order chi connectivity index (χ1) is 15.3. The number of hydrogen-bond acceptors (Lipinski definition) is 4. The Hall–Kier alpha value is -2.11. The summed E-state index contributed by atoms with van der Waals surface area (Å²) in [5.74, 6) is 0.565. The first-order valence-electron chi connectivity index (χ1n) is 12.1. The van der Waals surface area contributed by atoms with Gasteiger partial charge in [-0.3, -0.25) is 9.69 Å². The molecule has 1 amide bonds. The number of carbonyl (C=O) groups is 1. The number of nitrogens with zero attached hydrogens (tertiary/aromatic N) is 2. The van der Waals surface area contributed by atoms with Gasteiger partial charge >= 0.3 is 0 Å². The first-order valence-corrected chi connectivity index (χ1v) is 12.1. The van der Waals surface area contributed by atoms with E-state index in [-0.39, 0.29) is 5.91 Å². The van der Waals surface area contributed by atoms with Crippen molar-refractivity contribution in [2.45, 2.75) is 59.4 Å². The maximum absolute atomic E-state index is 12.5. The predicted octanol–water partition coefficient (Wildman–Crippen LogP) is 5.32. The number of hydrogen-bond donors (Lipinski definition) is 2. The Morgan fingerprint density at radius 2 is 1.78 bits per heavy atom. The van der Waals surface area contributed by atoms with Gasteiger partial charge in [0, 0.05) is 31.0 Å². The summed E-state index contributed by atoms with van der Waals surface area (Å²) in [5, 5.41) is 6.30. The lowest BCUT2D eigenvalue weighted by atomic mass is 9.92. The minimum absolute atomic E-state index is 0.0293. The summed E-state index contributed by atoms with van der Waals surface area (Å²) in [7, 11) is 6.12. The molecule has 1 aromatic rings. The van der Waals surface area contributed by atoms with Crippen LogP contribution in [0.4, 0.5) is 11.4 Å². The quantitative estimate of drug-likeness (QED) is 0.361. The van der Waals surface area contributed by atoms with Gasteiger partial charge in [0.25, 0.3) is 0 Å². The van der Waals surface area contributed by atoms with Gasteiger partial charge in [-0.15, -0.1) is 0 Å². The van der Waals surface area contributed by atoms with Crippen molar-refractivity contribution < 1.29 is 4.79 Å². The number of carbonyl (C=O) groups excluding carboxylic acids is 1. The van der Waals surface area contributed by atoms with Crippen molar-refractivity contribution in [1.82, 2.24) is 10.2 Å². The van der Waals surface area contributed by atoms with Crippen molar-refractivity contribution in [2.75, 3.05) is 51.0 Å². The van der Waals surface area contributed by atoms with E-state index >= 15 is 0 Å². The molecule has 0 aliphatic rings. The van der Waals surface area contributed by atoms with E-state index < -0.39 is 0 Å². The van der Waals surface area contributed by atoms with E-state index in [1.807, 2.05) is 26.2 Å². The number of anilines is 2. The Balaban J connectivity index is 2.49. The van der Waals surface area contributed by atoms with Crippen molar-refractivity contribution in [3.8, 4) is 0 Å². The highest BCUT2D eigenvalue weighted by Gasteiger charge is 2.13. The lowest BCUT2D eigenvalue weighted by Crippen LogP contribution is -2.31. The van der Waals surface area contributed by atoms with Crippen LogP contribution in [0.25, 0.3) is 0 Å². The Morgan fingerprint density at radius 3 is 2.34 bits per heavy atom. The van der Waals surface area contributed by atoms with Gasteiger partial charge in [-0.2, -0.15) is 0 Å². The molecule has 1 rings (SSSR count). The second kappa shape index (κ2) is 15.7. The molecule has 2 N–H and O–H groups in total. The second-order valence-corrected chi connectivity index (χ2v) is 8.73. The number of nitrogens with one attached hydrogen (secondary N) is 2. The molecular weight excluding hydrogens is 396 g/mol. The predicted molar refractivity (Wildman–Crippen MR) is 141 cm³/mol. The van der Waals surface area contributed by atoms with E-state index in [4.69, 9.17) is 0 Å². The highest BCUT2D eigenvalue weighted by molar-refractivity contribution is 5.92. The number of amides is 1. The van der Waals surface area contributed by atoms with Gasteiger partial charge < -0.3 is 15.5 Å². The van der Waals surface area contributed by atoms with Crippen LogP contribution in [-0.4, -0.2) is 57.6 Å². The summed E-state index contributed by atoms with van der Waals surface area (Å²) in [4.78, 5) is 16.9. The van der Waals surface area contributed by atoms with Gasteiger partial charge in [-0.1, -0.05) is 32.1 Å². The molecule has 2 atom stereocenters. The molecule has 5 nitrogen and oxygen atoms in total. The zero-order chi connectivity index (χ0) is 23.9. The number of likely N-dealkylation sites (N-methyl/N-ethyl adjacent to an activating group) is 1. The van der Waals surface area contributed by atoms with E-state index in [1.165, 1.54) is 5.57 Å². The molecule has 0 aliphatic carbocycles. The van der Waals surface area contributed by atoms with Gasteiger partial charge in [0.15, 0.2) is 0 Å². The summed E-state index contributed by atoms with van der Waals surface area (Å²) < 4.78 is 0. The standard InChI is InChI=1S/C27H46N4O/c1-8-11-12-23(9-2)24(10-3)18-19-30(6)21-27(32)29-25-13-15-26(16-14-25)31(7)20-17-22(4)28-5/h9,11-16,22,24,28H,8,10,17-21H2,1-7H3,(H,29,32)/b12-11-,23-9+. The maximum atomic E-state index is 12.5. The highest BCUT2D eigenvalue weighted by Crippen LogP contribution is 2.21. The van der Waals surface area contributed by atoms with Crippen LogP contribution in [0.2, 0.25) is 0 Å². The fraction of sp³-hybridized carbons (Fsp3) is 0.593. The third-order valence-electron chi connectivity index (χ3n) is 6.10. The van der Waals surface area contributed by atoms with E-state index in [2.05, 4.69) is 85.5 Å². The van der Waals surface area contributed by atoms with Crippen LogP contribution in [-0.2, 0) is 4.79 Å². The molecular formula is C27H46N4O. The van der Waals surface area contributed by atoms with Crippen molar-refractivity contribution in [1.29, 1.82) is 0 Å². The van der Waals surface area contributed by atoms with Gasteiger partial charge in [-0.05, 0) is 95.9 Å². The van der Waals surface area contributed by atoms with Crippen LogP contribution >= 0.6 is 0 Å². The smallest absolute Gasteiger partial charge is 0.238 e. The molecule has 0 fully saturated rings. The summed E-state index contributed by atoms with van der Waals surface area (Å²) in [6, 6.07) is 8.60. The van der Waals surface area contributed by atoms with Crippen molar-refractivity contribution >= 4 is 17.3 Å². The van der Waals surface area contributed by atoms with Crippen LogP contribution in [0.5, 0.6) is 0 Å². The Labute approximate surface area is 196 Å². The average Bonchev–Trinajstić information content (AvgIpc) is 2.79. The number of benzene rings is 1. The van der Waals surface area contributed by atoms with Crippen LogP contribution in [0, 0.1) is 5.92 Å². The molecule has 0 heterocycles. The van der Waals surface area contributed by atoms with Crippen LogP contribution in [0.1, 0.15) is 53.4 Å². The van der Waals surface area contributed by atoms with Crippen molar-refractivity contribution in [2.24, 2.45) is 5.92 Å². The molecule has 5 heteroatoms. The minimum Gasteiger partial charge on any atom is -0.375 e. The summed E-state index contributed by atoms with van der Waals surface area (Å²) in [6.45, 7) is 11.0. The van der Waals surface area contributed by atoms with Gasteiger partial charge in [-0.25, -0.2) is 0 Å². The molecule has 2 unspecified atom stereocenters. The molecule has 0 spiro atoms. The minimum atomic E-state index is 0.0293. The number of rotatable bonds is 15. The summed E-state index contributed by atoms with van der Waals surface area (Å²) >= 11 is 0. The fourth-order valence-electron chi connectivity index (χ4n) is 3.69. The van der Waals surface area contributed by atoms with Crippen LogP contribution in [0.15, 0.2) is 48.1 Å². The highest BCUT2D eigenvalue weighted by atomic mass is 16.2. The van der Waals surface area contributed by atoms with Crippen molar-refractivity contribution in [3.63, 3.8) is 0 Å². The van der Waals surface area contributed by atoms with E-state index in [9.17, 15) is 4.79 Å². The number of allylic oxidation sites excluding steroid dienone is 4. The molecule has 0 saturated carbocycles. The zero-order valence-electron chi connectivity index (χ0n) is 21.4. The average molecular weight is 443 g/mol. The Morgan fingerprint density at radius 1 is 1.09 bits per heavy atom. The lowest BCUT2D eigenvalue weighted by Gasteiger charge is -2.22. The molecule has 1 aromatic carbocycles. The Kier molecular flexibility index (Phi) is 13.7. The third-order valence-corrected chi connectivity index (χ3v) is 6.10. The normalized spacial score (nSPS) is 14.1. The largest absolute Gasteiger partial charge is 0.375 e. The van der Waals surface area contributed by atoms with Gasteiger partial charge in [0.2, 0.25) is 5.91 Å². The molecule has 0 radical (unpaired) electrons. The summed E-state index contributed by atoms with van der Waals surface area (Å²) in [5.41, 5.74) is 3.40. The van der Waals surface area contributed by atoms with Crippen LogP contribution in [0.3, 0.4) is 0 Å². The first kappa shape index (κ1) is 27.9. The van der Waals surface area contributed by atoms with Gasteiger partial charge in [0.1, 0.15) is 0 Å². The van der Waals surface area contributed by atoms with E-state index in [1.54, 1.807) is 0 Å². The van der Waals surface area contributed by atoms with Crippen molar-refractivity contribution in [3.05, 3.63) is 48.1 Å². The molecule has 0 saturated heterocycles. The molecule has 0 bridgehead atoms. The molecule has 0 aromatic heterocycles. The monoisotopic (exact) mass is 442 g/mol. The SMILES string of the molecule is C/C=C(\C=C/CC)C(CC)CCN(C)CC(=O)Nc1ccc(N(C)CCC(C)NC)cc1. The summed E-state index contributed by atoms with van der Waals surface area (Å²) in [6.07, 6.45) is 11.0. The van der Waals surface area contributed by atoms with Crippen LogP contribution < -0.4 is 15.5 Å². The second-order valence-electron chi connectivity index (χ2n) is 8.73. The molecule has 0 aliphatic heterocycles. The van der Waals surface area contributed by atoms with Gasteiger partial charge in [0.05, 0.1) is 6.54 Å². The third kappa shape index (κ3) is 10.5. The maximum Gasteiger partial charge on any atom is 0.238 e. The van der Waals surface area contributed by atoms with E-state index in [0.29, 0.717) is 18.5 Å². The lowest BCUT2D eigenvalue weighted by molar-refractivity contribution is -0.117. The zero-order valence-corrected chi connectivity index (χ0v) is 21.4. The molecule has 32 heavy (non-hydrogen) atoms. The molecule has 180 valence electrons. The van der Waals surface area contributed by atoms with E-state index in [0.717, 1.165) is 50.1 Å². The Bertz CT molecular complexity index is 711. The fourth-order valence-corrected chi connectivity index (χ4v) is 3.69. The topological polar surface area (TPSA) is 47.6 Å².